The number of rotatable bonds is 6. The average Bonchev–Trinajstić information content (AvgIpc) is 2.41. The maximum Gasteiger partial charge on any atom is 0.127 e. The largest absolute Gasteiger partial charge is 0.492 e. The highest BCUT2D eigenvalue weighted by Crippen LogP contribution is 2.16. The second-order valence-electron chi connectivity index (χ2n) is 5.32. The third-order valence-electron chi connectivity index (χ3n) is 3.58. The molecule has 0 spiro atoms. The molecule has 5 heteroatoms. The van der Waals surface area contributed by atoms with Crippen molar-refractivity contribution >= 4 is 0 Å². The van der Waals surface area contributed by atoms with Crippen molar-refractivity contribution in [2.45, 2.75) is 6.54 Å². The van der Waals surface area contributed by atoms with Crippen LogP contribution in [0.2, 0.25) is 0 Å². The van der Waals surface area contributed by atoms with Crippen molar-refractivity contribution in [3.05, 3.63) is 29.6 Å². The summed E-state index contributed by atoms with van der Waals surface area (Å²) in [4.78, 5) is 4.71. The summed E-state index contributed by atoms with van der Waals surface area (Å²) in [5, 5.41) is 3.02. The number of ether oxygens (including phenoxy) is 1. The van der Waals surface area contributed by atoms with Gasteiger partial charge in [0.05, 0.1) is 0 Å². The molecule has 0 aromatic heterocycles. The molecule has 0 aliphatic carbocycles. The first-order valence-electron chi connectivity index (χ1n) is 7.15. The predicted octanol–water partition coefficient (Wildman–Crippen LogP) is 1.17. The molecule has 0 bridgehead atoms. The van der Waals surface area contributed by atoms with Crippen molar-refractivity contribution in [1.29, 1.82) is 0 Å². The van der Waals surface area contributed by atoms with Crippen LogP contribution in [0.4, 0.5) is 4.39 Å². The molecule has 2 rings (SSSR count). The third kappa shape index (κ3) is 4.74. The number of hydrogen-bond acceptors (Lipinski definition) is 4. The molecular weight excluding hydrogens is 257 g/mol. The molecule has 0 radical (unpaired) electrons. The highest BCUT2D eigenvalue weighted by Gasteiger charge is 2.13. The molecule has 112 valence electrons. The average molecular weight is 281 g/mol. The maximum absolute atomic E-state index is 13.5. The van der Waals surface area contributed by atoms with Gasteiger partial charge in [-0.2, -0.15) is 0 Å². The van der Waals surface area contributed by atoms with Gasteiger partial charge in [0, 0.05) is 45.3 Å². The molecule has 1 aromatic rings. The Morgan fingerprint density at radius 3 is 2.65 bits per heavy atom. The van der Waals surface area contributed by atoms with Gasteiger partial charge in [0.25, 0.3) is 0 Å². The smallest absolute Gasteiger partial charge is 0.127 e. The number of nitrogens with zero attached hydrogens (tertiary/aromatic N) is 2. The molecule has 1 aliphatic rings. The summed E-state index contributed by atoms with van der Waals surface area (Å²) < 4.78 is 19.1. The number of hydrogen-bond donors (Lipinski definition) is 1. The number of nitrogens with one attached hydrogen (secondary N) is 1. The second-order valence-corrected chi connectivity index (χ2v) is 5.32. The van der Waals surface area contributed by atoms with E-state index >= 15 is 0 Å². The van der Waals surface area contributed by atoms with E-state index in [1.807, 2.05) is 13.1 Å². The van der Waals surface area contributed by atoms with Crippen molar-refractivity contribution in [3.8, 4) is 5.75 Å². The van der Waals surface area contributed by atoms with Crippen molar-refractivity contribution in [2.24, 2.45) is 0 Å². The fourth-order valence-corrected chi connectivity index (χ4v) is 2.37. The molecule has 0 saturated carbocycles. The lowest BCUT2D eigenvalue weighted by Crippen LogP contribution is -2.45. The molecule has 0 atom stereocenters. The molecule has 20 heavy (non-hydrogen) atoms. The van der Waals surface area contributed by atoms with Crippen LogP contribution in [0.3, 0.4) is 0 Å². The van der Waals surface area contributed by atoms with E-state index in [1.54, 1.807) is 0 Å². The first-order chi connectivity index (χ1) is 9.67. The van der Waals surface area contributed by atoms with Gasteiger partial charge in [-0.25, -0.2) is 4.39 Å². The Balaban J connectivity index is 1.78. The summed E-state index contributed by atoms with van der Waals surface area (Å²) in [6, 6.07) is 4.87. The molecular formula is C15H24FN3O. The zero-order valence-electron chi connectivity index (χ0n) is 12.4. The van der Waals surface area contributed by atoms with Gasteiger partial charge >= 0.3 is 0 Å². The maximum atomic E-state index is 13.5. The van der Waals surface area contributed by atoms with Crippen LogP contribution >= 0.6 is 0 Å². The minimum Gasteiger partial charge on any atom is -0.492 e. The Morgan fingerprint density at radius 2 is 1.95 bits per heavy atom. The minimum absolute atomic E-state index is 0.243. The summed E-state index contributed by atoms with van der Waals surface area (Å²) in [5.41, 5.74) is 0.905. The number of piperazine rings is 1. The van der Waals surface area contributed by atoms with Crippen LogP contribution in [-0.2, 0) is 6.54 Å². The van der Waals surface area contributed by atoms with Gasteiger partial charge in [0.15, 0.2) is 0 Å². The summed E-state index contributed by atoms with van der Waals surface area (Å²) in [6.07, 6.45) is 0. The van der Waals surface area contributed by atoms with Gasteiger partial charge < -0.3 is 15.0 Å². The number of halogens is 1. The van der Waals surface area contributed by atoms with Crippen molar-refractivity contribution in [2.75, 3.05) is 53.4 Å². The van der Waals surface area contributed by atoms with Gasteiger partial charge in [-0.1, -0.05) is 0 Å². The Kier molecular flexibility index (Phi) is 5.76. The van der Waals surface area contributed by atoms with Crippen LogP contribution < -0.4 is 10.1 Å². The third-order valence-corrected chi connectivity index (χ3v) is 3.58. The second kappa shape index (κ2) is 7.57. The van der Waals surface area contributed by atoms with Crippen LogP contribution in [-0.4, -0.2) is 63.2 Å². The summed E-state index contributed by atoms with van der Waals surface area (Å²) in [7, 11) is 3.99. The predicted molar refractivity (Wildman–Crippen MR) is 78.6 cm³/mol. The van der Waals surface area contributed by atoms with E-state index in [0.29, 0.717) is 18.9 Å². The van der Waals surface area contributed by atoms with Gasteiger partial charge in [0.1, 0.15) is 18.2 Å². The van der Waals surface area contributed by atoms with Crippen molar-refractivity contribution < 1.29 is 9.13 Å². The van der Waals surface area contributed by atoms with Crippen LogP contribution in [0, 0.1) is 5.82 Å². The van der Waals surface area contributed by atoms with E-state index in [0.717, 1.165) is 38.3 Å². The zero-order chi connectivity index (χ0) is 14.4. The first kappa shape index (κ1) is 15.2. The molecule has 1 aliphatic heterocycles. The Morgan fingerprint density at radius 1 is 1.20 bits per heavy atom. The quantitative estimate of drug-likeness (QED) is 0.847. The Labute approximate surface area is 120 Å². The molecule has 0 amide bonds. The van der Waals surface area contributed by atoms with E-state index in [1.165, 1.54) is 12.1 Å². The molecule has 1 fully saturated rings. The van der Waals surface area contributed by atoms with Crippen molar-refractivity contribution in [3.63, 3.8) is 0 Å². The topological polar surface area (TPSA) is 27.7 Å². The minimum atomic E-state index is -0.243. The fourth-order valence-electron chi connectivity index (χ4n) is 2.37. The highest BCUT2D eigenvalue weighted by atomic mass is 19.1. The molecule has 4 nitrogen and oxygen atoms in total. The van der Waals surface area contributed by atoms with Gasteiger partial charge in [-0.15, -0.1) is 0 Å². The fraction of sp³-hybridized carbons (Fsp3) is 0.600. The van der Waals surface area contributed by atoms with Crippen LogP contribution in [0.25, 0.3) is 0 Å². The number of likely N-dealkylation sites (N-methyl/N-ethyl adjacent to an activating group) is 1. The highest BCUT2D eigenvalue weighted by molar-refractivity contribution is 5.29. The van der Waals surface area contributed by atoms with Crippen LogP contribution in [0.5, 0.6) is 5.75 Å². The first-order valence-corrected chi connectivity index (χ1v) is 7.15. The molecule has 1 aromatic carbocycles. The van der Waals surface area contributed by atoms with E-state index < -0.39 is 0 Å². The zero-order valence-corrected chi connectivity index (χ0v) is 12.4. The standard InChI is InChI=1S/C15H24FN3O/c1-17-12-13-9-14(16)11-15(10-13)20-8-7-19-5-3-18(2)4-6-19/h9-11,17H,3-8,12H2,1-2H3. The monoisotopic (exact) mass is 281 g/mol. The number of benzene rings is 1. The van der Waals surface area contributed by atoms with E-state index in [-0.39, 0.29) is 5.82 Å². The molecule has 1 heterocycles. The van der Waals surface area contributed by atoms with Gasteiger partial charge in [-0.05, 0) is 31.8 Å². The summed E-state index contributed by atoms with van der Waals surface area (Å²) in [6.45, 7) is 6.51. The van der Waals surface area contributed by atoms with E-state index in [9.17, 15) is 4.39 Å². The van der Waals surface area contributed by atoms with Gasteiger partial charge in [-0.3, -0.25) is 4.90 Å². The van der Waals surface area contributed by atoms with Crippen LogP contribution in [0.15, 0.2) is 18.2 Å². The van der Waals surface area contributed by atoms with E-state index in [2.05, 4.69) is 22.2 Å². The molecule has 1 saturated heterocycles. The summed E-state index contributed by atoms with van der Waals surface area (Å²) in [5.74, 6) is 0.372. The normalized spacial score (nSPS) is 17.4. The summed E-state index contributed by atoms with van der Waals surface area (Å²) >= 11 is 0. The Bertz CT molecular complexity index is 420. The van der Waals surface area contributed by atoms with Gasteiger partial charge in [0.2, 0.25) is 0 Å². The molecule has 1 N–H and O–H groups in total. The van der Waals surface area contributed by atoms with Crippen molar-refractivity contribution in [1.82, 2.24) is 15.1 Å². The molecule has 0 unspecified atom stereocenters. The lowest BCUT2D eigenvalue weighted by Gasteiger charge is -2.32. The SMILES string of the molecule is CNCc1cc(F)cc(OCCN2CCN(C)CC2)c1. The lowest BCUT2D eigenvalue weighted by molar-refractivity contribution is 0.133. The lowest BCUT2D eigenvalue weighted by atomic mass is 10.2. The van der Waals surface area contributed by atoms with Crippen LogP contribution in [0.1, 0.15) is 5.56 Å². The van der Waals surface area contributed by atoms with E-state index in [4.69, 9.17) is 4.74 Å². The Hall–Kier alpha value is -1.17.